The molecule has 156 valence electrons. The van der Waals surface area contributed by atoms with Gasteiger partial charge in [-0.25, -0.2) is 18.4 Å². The van der Waals surface area contributed by atoms with Crippen molar-refractivity contribution in [2.24, 2.45) is 12.0 Å². The maximum Gasteiger partial charge on any atom is 0.220 e. The lowest BCUT2D eigenvalue weighted by Crippen LogP contribution is -2.53. The zero-order valence-electron chi connectivity index (χ0n) is 16.0. The highest BCUT2D eigenvalue weighted by Crippen LogP contribution is 2.13. The summed E-state index contributed by atoms with van der Waals surface area (Å²) >= 11 is 0. The Hall–Kier alpha value is -1.67. The van der Waals surface area contributed by atoms with Gasteiger partial charge >= 0.3 is 0 Å². The number of imidazole rings is 1. The summed E-state index contributed by atoms with van der Waals surface area (Å²) in [6.07, 6.45) is 5.01. The second kappa shape index (κ2) is 10.2. The van der Waals surface area contributed by atoms with Crippen molar-refractivity contribution in [1.29, 1.82) is 0 Å². The normalized spacial score (nSPS) is 16.1. The number of sulfonamides is 1. The number of aromatic nitrogens is 3. The Kier molecular flexibility index (Phi) is 8.24. The number of halogens is 1. The third-order valence-electron chi connectivity index (χ3n) is 4.38. The molecule has 1 aliphatic rings. The van der Waals surface area contributed by atoms with Crippen molar-refractivity contribution in [3.8, 4) is 0 Å². The van der Waals surface area contributed by atoms with Gasteiger partial charge in [-0.2, -0.15) is 4.31 Å². The van der Waals surface area contributed by atoms with E-state index in [1.165, 1.54) is 10.6 Å². The highest BCUT2D eigenvalue weighted by Gasteiger charge is 2.29. The lowest BCUT2D eigenvalue weighted by molar-refractivity contribution is 0.259. The molecule has 1 N–H and O–H groups in total. The van der Waals surface area contributed by atoms with E-state index in [9.17, 15) is 8.42 Å². The zero-order chi connectivity index (χ0) is 19.3. The summed E-state index contributed by atoms with van der Waals surface area (Å²) in [5.74, 6) is 1.50. The molecule has 1 saturated heterocycles. The van der Waals surface area contributed by atoms with Crippen molar-refractivity contribution in [3.63, 3.8) is 0 Å². The Morgan fingerprint density at radius 2 is 2.07 bits per heavy atom. The number of aliphatic imine (C=N–C) groups is 1. The molecule has 12 heteroatoms. The van der Waals surface area contributed by atoms with Gasteiger partial charge in [0.15, 0.2) is 5.96 Å². The van der Waals surface area contributed by atoms with Crippen molar-refractivity contribution in [1.82, 2.24) is 29.2 Å². The molecule has 0 aliphatic carbocycles. The largest absolute Gasteiger partial charge is 0.364 e. The van der Waals surface area contributed by atoms with Gasteiger partial charge < -0.3 is 19.3 Å². The molecule has 0 aromatic carbocycles. The van der Waals surface area contributed by atoms with Crippen molar-refractivity contribution < 1.29 is 12.9 Å². The Bertz CT molecular complexity index is 859. The predicted octanol–water partition coefficient (Wildman–Crippen LogP) is 0.639. The molecule has 28 heavy (non-hydrogen) atoms. The van der Waals surface area contributed by atoms with E-state index < -0.39 is 10.0 Å². The first kappa shape index (κ1) is 22.6. The number of aryl methyl sites for hydroxylation is 1. The topological polar surface area (TPSA) is 109 Å². The van der Waals surface area contributed by atoms with E-state index in [0.717, 1.165) is 18.3 Å². The van der Waals surface area contributed by atoms with Gasteiger partial charge in [0.05, 0.1) is 5.69 Å². The third kappa shape index (κ3) is 5.67. The van der Waals surface area contributed by atoms with E-state index in [2.05, 4.69) is 25.3 Å². The zero-order valence-corrected chi connectivity index (χ0v) is 19.1. The smallest absolute Gasteiger partial charge is 0.220 e. The molecule has 0 spiro atoms. The number of guanidine groups is 1. The monoisotopic (exact) mass is 523 g/mol. The molecular weight excluding hydrogens is 497 g/mol. The SMILES string of the molecule is CCNC(=NCc1nccn1C)N1CCN(S(=O)(=O)Cc2ccon2)CC1.I. The molecule has 0 saturated carbocycles. The van der Waals surface area contributed by atoms with Crippen molar-refractivity contribution in [2.45, 2.75) is 19.2 Å². The van der Waals surface area contributed by atoms with Crippen LogP contribution in [0.3, 0.4) is 0 Å². The van der Waals surface area contributed by atoms with Crippen LogP contribution in [-0.2, 0) is 29.4 Å². The minimum atomic E-state index is -3.41. The molecule has 2 aromatic heterocycles. The van der Waals surface area contributed by atoms with Crippen LogP contribution >= 0.6 is 24.0 Å². The highest BCUT2D eigenvalue weighted by molar-refractivity contribution is 14.0. The highest BCUT2D eigenvalue weighted by atomic mass is 127. The number of rotatable bonds is 6. The fraction of sp³-hybridized carbons (Fsp3) is 0.562. The molecule has 0 bridgehead atoms. The van der Waals surface area contributed by atoms with Gasteiger partial charge in [-0.15, -0.1) is 24.0 Å². The fourth-order valence-electron chi connectivity index (χ4n) is 2.89. The summed E-state index contributed by atoms with van der Waals surface area (Å²) in [5, 5.41) is 6.96. The molecule has 0 radical (unpaired) electrons. The Balaban J connectivity index is 0.00000280. The second-order valence-electron chi connectivity index (χ2n) is 6.26. The van der Waals surface area contributed by atoms with Crippen LogP contribution < -0.4 is 5.32 Å². The molecule has 3 heterocycles. The van der Waals surface area contributed by atoms with Gasteiger partial charge in [0, 0.05) is 58.2 Å². The van der Waals surface area contributed by atoms with Crippen LogP contribution in [0.1, 0.15) is 18.4 Å². The van der Waals surface area contributed by atoms with Crippen molar-refractivity contribution >= 4 is 40.0 Å². The first-order valence-electron chi connectivity index (χ1n) is 8.86. The number of nitrogens with zero attached hydrogens (tertiary/aromatic N) is 6. The van der Waals surface area contributed by atoms with E-state index in [1.807, 2.05) is 24.7 Å². The first-order valence-corrected chi connectivity index (χ1v) is 10.5. The first-order chi connectivity index (χ1) is 13.0. The maximum atomic E-state index is 12.5. The lowest BCUT2D eigenvalue weighted by atomic mass is 10.4. The average Bonchev–Trinajstić information content (AvgIpc) is 3.30. The maximum absolute atomic E-state index is 12.5. The van der Waals surface area contributed by atoms with Crippen LogP contribution in [0.4, 0.5) is 0 Å². The summed E-state index contributed by atoms with van der Waals surface area (Å²) in [7, 11) is -1.48. The molecule has 1 aliphatic heterocycles. The Morgan fingerprint density at radius 3 is 2.64 bits per heavy atom. The average molecular weight is 523 g/mol. The van der Waals surface area contributed by atoms with E-state index in [0.29, 0.717) is 38.4 Å². The van der Waals surface area contributed by atoms with Gasteiger partial charge in [0.25, 0.3) is 0 Å². The third-order valence-corrected chi connectivity index (χ3v) is 6.19. The van der Waals surface area contributed by atoms with Crippen LogP contribution in [0.15, 0.2) is 34.2 Å². The molecule has 1 fully saturated rings. The van der Waals surface area contributed by atoms with E-state index in [-0.39, 0.29) is 29.7 Å². The molecule has 2 aromatic rings. The van der Waals surface area contributed by atoms with Gasteiger partial charge in [-0.1, -0.05) is 5.16 Å². The number of piperazine rings is 1. The second-order valence-corrected chi connectivity index (χ2v) is 8.23. The van der Waals surface area contributed by atoms with Gasteiger partial charge in [0.1, 0.15) is 24.4 Å². The number of hydrogen-bond acceptors (Lipinski definition) is 6. The van der Waals surface area contributed by atoms with Crippen molar-refractivity contribution in [2.75, 3.05) is 32.7 Å². The Labute approximate surface area is 182 Å². The van der Waals surface area contributed by atoms with E-state index in [1.54, 1.807) is 12.3 Å². The molecule has 0 unspecified atom stereocenters. The molecule has 10 nitrogen and oxygen atoms in total. The van der Waals surface area contributed by atoms with Gasteiger partial charge in [-0.05, 0) is 6.92 Å². The molecule has 0 atom stereocenters. The number of hydrogen-bond donors (Lipinski definition) is 1. The summed E-state index contributed by atoms with van der Waals surface area (Å²) in [5.41, 5.74) is 0.419. The predicted molar refractivity (Wildman–Crippen MR) is 116 cm³/mol. The molecule has 0 amide bonds. The molecule has 3 rings (SSSR count). The fourth-order valence-corrected chi connectivity index (χ4v) is 4.31. The minimum Gasteiger partial charge on any atom is -0.364 e. The van der Waals surface area contributed by atoms with Crippen LogP contribution in [-0.4, -0.2) is 71.0 Å². The summed E-state index contributed by atoms with van der Waals surface area (Å²) in [4.78, 5) is 11.0. The summed E-state index contributed by atoms with van der Waals surface area (Å²) in [6, 6.07) is 1.57. The molecular formula is C16H26IN7O3S. The van der Waals surface area contributed by atoms with E-state index in [4.69, 9.17) is 4.52 Å². The van der Waals surface area contributed by atoms with Gasteiger partial charge in [-0.3, -0.25) is 0 Å². The van der Waals surface area contributed by atoms with Gasteiger partial charge in [0.2, 0.25) is 10.0 Å². The summed E-state index contributed by atoms with van der Waals surface area (Å²) in [6.45, 7) is 5.18. The van der Waals surface area contributed by atoms with E-state index >= 15 is 0 Å². The van der Waals surface area contributed by atoms with Crippen molar-refractivity contribution in [3.05, 3.63) is 36.2 Å². The van der Waals surface area contributed by atoms with Crippen LogP contribution in [0, 0.1) is 0 Å². The van der Waals surface area contributed by atoms with Crippen LogP contribution in [0.25, 0.3) is 0 Å². The summed E-state index contributed by atoms with van der Waals surface area (Å²) < 4.78 is 33.2. The number of nitrogens with one attached hydrogen (secondary N) is 1. The minimum absolute atomic E-state index is 0. The lowest BCUT2D eigenvalue weighted by Gasteiger charge is -2.35. The Morgan fingerprint density at radius 1 is 1.32 bits per heavy atom. The quantitative estimate of drug-likeness (QED) is 0.336. The van der Waals surface area contributed by atoms with Crippen LogP contribution in [0.5, 0.6) is 0 Å². The van der Waals surface area contributed by atoms with Crippen LogP contribution in [0.2, 0.25) is 0 Å². The standard InChI is InChI=1S/C16H25N7O3S.HI/c1-3-17-16(19-12-15-18-5-6-21(15)2)22-7-9-23(10-8-22)27(24,25)13-14-4-11-26-20-14;/h4-6,11H,3,7-10,12-13H2,1-2H3,(H,17,19);1H.